The van der Waals surface area contributed by atoms with Crippen LogP contribution >= 0.6 is 0 Å². The predicted molar refractivity (Wildman–Crippen MR) is 102 cm³/mol. The van der Waals surface area contributed by atoms with Gasteiger partial charge in [-0.1, -0.05) is 18.2 Å². The third-order valence-corrected chi connectivity index (χ3v) is 4.51. The zero-order valence-corrected chi connectivity index (χ0v) is 15.6. The quantitative estimate of drug-likeness (QED) is 0.466. The number of aromatic nitrogens is 2. The maximum absolute atomic E-state index is 12.7. The Kier molecular flexibility index (Phi) is 5.41. The van der Waals surface area contributed by atoms with E-state index >= 15 is 0 Å². The SMILES string of the molecule is CC(=O)c1cc(C(=O)OCC(=O)c2cn(CCC#N)c3ccccc23)n(C)c1. The van der Waals surface area contributed by atoms with Gasteiger partial charge in [-0.15, -0.1) is 0 Å². The number of hydrogen-bond donors (Lipinski definition) is 0. The number of carbonyl (C=O) groups excluding carboxylic acids is 3. The smallest absolute Gasteiger partial charge is 0.355 e. The molecule has 3 aromatic rings. The molecule has 1 aromatic carbocycles. The second-order valence-corrected chi connectivity index (χ2v) is 6.44. The van der Waals surface area contributed by atoms with E-state index in [-0.39, 0.29) is 17.3 Å². The number of carbonyl (C=O) groups is 3. The van der Waals surface area contributed by atoms with Crippen molar-refractivity contribution in [1.82, 2.24) is 9.13 Å². The lowest BCUT2D eigenvalue weighted by Crippen LogP contribution is -2.16. The van der Waals surface area contributed by atoms with Gasteiger partial charge in [0, 0.05) is 48.0 Å². The van der Waals surface area contributed by atoms with Crippen LogP contribution < -0.4 is 0 Å². The van der Waals surface area contributed by atoms with Gasteiger partial charge in [0.2, 0.25) is 5.78 Å². The number of aryl methyl sites for hydroxylation is 2. The minimum atomic E-state index is -0.670. The van der Waals surface area contributed by atoms with Crippen LogP contribution in [0.4, 0.5) is 0 Å². The molecule has 3 rings (SSSR count). The van der Waals surface area contributed by atoms with Crippen molar-refractivity contribution in [2.45, 2.75) is 19.9 Å². The molecule has 2 heterocycles. The lowest BCUT2D eigenvalue weighted by Gasteiger charge is -2.04. The molecule has 0 saturated heterocycles. The summed E-state index contributed by atoms with van der Waals surface area (Å²) in [6.45, 7) is 1.48. The fraction of sp³-hybridized carbons (Fsp3) is 0.238. The van der Waals surface area contributed by atoms with Crippen molar-refractivity contribution in [1.29, 1.82) is 5.26 Å². The minimum absolute atomic E-state index is 0.157. The summed E-state index contributed by atoms with van der Waals surface area (Å²) >= 11 is 0. The van der Waals surface area contributed by atoms with Crippen molar-refractivity contribution >= 4 is 28.4 Å². The van der Waals surface area contributed by atoms with E-state index in [1.807, 2.05) is 28.8 Å². The van der Waals surface area contributed by atoms with Crippen molar-refractivity contribution in [2.24, 2.45) is 7.05 Å². The number of Topliss-reactive ketones (excluding diaryl/α,β-unsaturated/α-hetero) is 2. The number of fused-ring (bicyclic) bond motifs is 1. The van der Waals surface area contributed by atoms with Crippen molar-refractivity contribution in [2.75, 3.05) is 6.61 Å². The van der Waals surface area contributed by atoms with Gasteiger partial charge in [-0.25, -0.2) is 4.79 Å². The van der Waals surface area contributed by atoms with Crippen LogP contribution in [0, 0.1) is 11.3 Å². The van der Waals surface area contributed by atoms with Gasteiger partial charge in [0.25, 0.3) is 0 Å². The summed E-state index contributed by atoms with van der Waals surface area (Å²) in [5.41, 5.74) is 1.90. The molecule has 7 heteroatoms. The maximum Gasteiger partial charge on any atom is 0.355 e. The molecule has 0 atom stereocenters. The van der Waals surface area contributed by atoms with Gasteiger partial charge < -0.3 is 13.9 Å². The van der Waals surface area contributed by atoms with Crippen LogP contribution in [-0.2, 0) is 18.3 Å². The molecule has 0 saturated carbocycles. The van der Waals surface area contributed by atoms with Crippen molar-refractivity contribution in [3.63, 3.8) is 0 Å². The second kappa shape index (κ2) is 7.92. The zero-order valence-electron chi connectivity index (χ0n) is 15.6. The second-order valence-electron chi connectivity index (χ2n) is 6.44. The normalized spacial score (nSPS) is 10.6. The highest BCUT2D eigenvalue weighted by Gasteiger charge is 2.19. The topological polar surface area (TPSA) is 94.1 Å². The summed E-state index contributed by atoms with van der Waals surface area (Å²) in [5, 5.41) is 9.57. The first-order chi connectivity index (χ1) is 13.4. The minimum Gasteiger partial charge on any atom is -0.453 e. The highest BCUT2D eigenvalue weighted by Crippen LogP contribution is 2.22. The van der Waals surface area contributed by atoms with Gasteiger partial charge in [-0.3, -0.25) is 9.59 Å². The molecular formula is C21H19N3O4. The average Bonchev–Trinajstić information content (AvgIpc) is 3.25. The standard InChI is InChI=1S/C21H19N3O4/c1-14(25)15-10-19(23(2)11-15)21(27)28-13-20(26)17-12-24(9-5-8-22)18-7-4-3-6-16(17)18/h3-4,6-7,10-12H,5,9,13H2,1-2H3. The van der Waals surface area contributed by atoms with Crippen molar-refractivity contribution in [3.8, 4) is 6.07 Å². The number of rotatable bonds is 7. The molecule has 0 fully saturated rings. The Bertz CT molecular complexity index is 1110. The first-order valence-corrected chi connectivity index (χ1v) is 8.74. The summed E-state index contributed by atoms with van der Waals surface area (Å²) in [5.74, 6) is -1.16. The first kappa shape index (κ1) is 19.1. The average molecular weight is 377 g/mol. The van der Waals surface area contributed by atoms with Crippen LogP contribution in [0.1, 0.15) is 44.5 Å². The van der Waals surface area contributed by atoms with Crippen LogP contribution in [-0.4, -0.2) is 33.3 Å². The van der Waals surface area contributed by atoms with E-state index in [1.54, 1.807) is 19.4 Å². The number of benzene rings is 1. The predicted octanol–water partition coefficient (Wildman–Crippen LogP) is 3.14. The van der Waals surface area contributed by atoms with Gasteiger partial charge >= 0.3 is 5.97 Å². The molecule has 0 unspecified atom stereocenters. The summed E-state index contributed by atoms with van der Waals surface area (Å²) in [4.78, 5) is 36.4. The van der Waals surface area contributed by atoms with Crippen LogP contribution in [0.15, 0.2) is 42.7 Å². The van der Waals surface area contributed by atoms with Gasteiger partial charge in [-0.2, -0.15) is 5.26 Å². The molecule has 0 bridgehead atoms. The third kappa shape index (κ3) is 3.71. The molecule has 2 aromatic heterocycles. The summed E-state index contributed by atoms with van der Waals surface area (Å²) in [7, 11) is 1.63. The summed E-state index contributed by atoms with van der Waals surface area (Å²) in [6.07, 6.45) is 3.56. The number of para-hydroxylation sites is 1. The number of ketones is 2. The van der Waals surface area contributed by atoms with E-state index in [2.05, 4.69) is 6.07 Å². The Labute approximate surface area is 161 Å². The van der Waals surface area contributed by atoms with Crippen molar-refractivity contribution in [3.05, 3.63) is 59.5 Å². The number of esters is 1. The summed E-state index contributed by atoms with van der Waals surface area (Å²) in [6, 6.07) is 10.9. The molecule has 7 nitrogen and oxygen atoms in total. The fourth-order valence-electron chi connectivity index (χ4n) is 3.07. The zero-order chi connectivity index (χ0) is 20.3. The molecule has 0 spiro atoms. The molecule has 142 valence electrons. The van der Waals surface area contributed by atoms with Crippen LogP contribution in [0.3, 0.4) is 0 Å². The van der Waals surface area contributed by atoms with E-state index in [0.717, 1.165) is 10.9 Å². The number of nitrogens with zero attached hydrogens (tertiary/aromatic N) is 3. The molecule has 28 heavy (non-hydrogen) atoms. The Morgan fingerprint density at radius 1 is 1.18 bits per heavy atom. The highest BCUT2D eigenvalue weighted by atomic mass is 16.5. The van der Waals surface area contributed by atoms with E-state index < -0.39 is 12.6 Å². The van der Waals surface area contributed by atoms with E-state index in [1.165, 1.54) is 17.6 Å². The summed E-state index contributed by atoms with van der Waals surface area (Å²) < 4.78 is 8.52. The molecular weight excluding hydrogens is 358 g/mol. The largest absolute Gasteiger partial charge is 0.453 e. The number of hydrogen-bond acceptors (Lipinski definition) is 5. The van der Waals surface area contributed by atoms with Gasteiger partial charge in [0.1, 0.15) is 5.69 Å². The fourth-order valence-corrected chi connectivity index (χ4v) is 3.07. The molecule has 0 N–H and O–H groups in total. The van der Waals surface area contributed by atoms with E-state index in [9.17, 15) is 14.4 Å². The lowest BCUT2D eigenvalue weighted by atomic mass is 10.1. The molecule has 0 amide bonds. The molecule has 0 radical (unpaired) electrons. The van der Waals surface area contributed by atoms with Crippen LogP contribution in [0.5, 0.6) is 0 Å². The van der Waals surface area contributed by atoms with Gasteiger partial charge in [0.05, 0.1) is 12.5 Å². The molecule has 0 aliphatic rings. The third-order valence-electron chi connectivity index (χ3n) is 4.51. The van der Waals surface area contributed by atoms with Gasteiger partial charge in [-0.05, 0) is 19.1 Å². The Balaban J connectivity index is 1.77. The highest BCUT2D eigenvalue weighted by molar-refractivity contribution is 6.09. The van der Waals surface area contributed by atoms with Gasteiger partial charge in [0.15, 0.2) is 12.4 Å². The van der Waals surface area contributed by atoms with Crippen LogP contribution in [0.2, 0.25) is 0 Å². The van der Waals surface area contributed by atoms with Crippen LogP contribution in [0.25, 0.3) is 10.9 Å². The Morgan fingerprint density at radius 3 is 2.61 bits per heavy atom. The van der Waals surface area contributed by atoms with E-state index in [4.69, 9.17) is 10.00 Å². The van der Waals surface area contributed by atoms with Crippen molar-refractivity contribution < 1.29 is 19.1 Å². The Hall–Kier alpha value is -3.66. The molecule has 0 aliphatic carbocycles. The first-order valence-electron chi connectivity index (χ1n) is 8.74. The monoisotopic (exact) mass is 377 g/mol. The maximum atomic E-state index is 12.7. The lowest BCUT2D eigenvalue weighted by molar-refractivity contribution is 0.0465. The Morgan fingerprint density at radius 2 is 1.93 bits per heavy atom. The molecule has 0 aliphatic heterocycles. The van der Waals surface area contributed by atoms with E-state index in [0.29, 0.717) is 24.1 Å². The number of ether oxygens (including phenoxy) is 1. The number of nitriles is 1.